The largest absolute Gasteiger partial charge is 0.383 e. The van der Waals surface area contributed by atoms with Crippen molar-refractivity contribution in [2.24, 2.45) is 0 Å². The summed E-state index contributed by atoms with van der Waals surface area (Å²) < 4.78 is 5.19. The van der Waals surface area contributed by atoms with Crippen molar-refractivity contribution in [3.63, 3.8) is 0 Å². The van der Waals surface area contributed by atoms with E-state index in [1.807, 2.05) is 7.05 Å². The topological polar surface area (TPSA) is 24.5 Å². The van der Waals surface area contributed by atoms with Gasteiger partial charge in [0, 0.05) is 25.2 Å². The Kier molecular flexibility index (Phi) is 6.58. The van der Waals surface area contributed by atoms with Gasteiger partial charge in [-0.3, -0.25) is 4.90 Å². The molecule has 1 atom stereocenters. The first-order valence-corrected chi connectivity index (χ1v) is 5.28. The Morgan fingerprint density at radius 3 is 2.47 bits per heavy atom. The molecule has 0 aromatic carbocycles. The summed E-state index contributed by atoms with van der Waals surface area (Å²) in [6.45, 7) is 8.69. The highest BCUT2D eigenvalue weighted by Crippen LogP contribution is 2.01. The van der Waals surface area contributed by atoms with Crippen LogP contribution in [0.15, 0.2) is 0 Å². The Bertz CT molecular complexity index is 203. The van der Waals surface area contributed by atoms with Crippen LogP contribution in [0.4, 0.5) is 0 Å². The van der Waals surface area contributed by atoms with Crippen LogP contribution in [0, 0.1) is 12.3 Å². The molecule has 3 heteroatoms. The van der Waals surface area contributed by atoms with Crippen molar-refractivity contribution in [3.05, 3.63) is 0 Å². The second kappa shape index (κ2) is 6.84. The molecule has 0 fully saturated rings. The highest BCUT2D eigenvalue weighted by Gasteiger charge is 2.17. The predicted octanol–water partition coefficient (Wildman–Crippen LogP) is 0.954. The van der Waals surface area contributed by atoms with Crippen LogP contribution in [0.25, 0.3) is 0 Å². The smallest absolute Gasteiger partial charge is 0.0630 e. The van der Waals surface area contributed by atoms with Gasteiger partial charge in [0.25, 0.3) is 0 Å². The zero-order valence-electron chi connectivity index (χ0n) is 10.6. The Morgan fingerprint density at radius 1 is 1.47 bits per heavy atom. The Labute approximate surface area is 94.2 Å². The molecular formula is C12H24N2O. The van der Waals surface area contributed by atoms with Gasteiger partial charge in [0.2, 0.25) is 0 Å². The predicted molar refractivity (Wildman–Crippen MR) is 64.9 cm³/mol. The summed E-state index contributed by atoms with van der Waals surface area (Å²) in [5, 5.41) is 3.46. The molecule has 0 saturated heterocycles. The van der Waals surface area contributed by atoms with Crippen LogP contribution in [0.1, 0.15) is 20.8 Å². The molecule has 1 N–H and O–H groups in total. The fourth-order valence-electron chi connectivity index (χ4n) is 1.23. The lowest BCUT2D eigenvalue weighted by molar-refractivity contribution is 0.109. The van der Waals surface area contributed by atoms with Crippen molar-refractivity contribution in [2.45, 2.75) is 32.4 Å². The summed E-state index contributed by atoms with van der Waals surface area (Å²) >= 11 is 0. The van der Waals surface area contributed by atoms with Gasteiger partial charge in [-0.25, -0.2) is 0 Å². The van der Waals surface area contributed by atoms with E-state index in [4.69, 9.17) is 11.2 Å². The van der Waals surface area contributed by atoms with E-state index in [1.54, 1.807) is 7.11 Å². The van der Waals surface area contributed by atoms with Gasteiger partial charge in [0.05, 0.1) is 13.2 Å². The van der Waals surface area contributed by atoms with Crippen LogP contribution in [-0.4, -0.2) is 50.3 Å². The van der Waals surface area contributed by atoms with Gasteiger partial charge in [-0.15, -0.1) is 6.42 Å². The number of methoxy groups -OCH3 is 1. The maximum absolute atomic E-state index is 5.29. The molecule has 88 valence electrons. The summed E-state index contributed by atoms with van der Waals surface area (Å²) in [4.78, 5) is 2.13. The molecule has 0 spiro atoms. The molecule has 0 heterocycles. The van der Waals surface area contributed by atoms with Crippen molar-refractivity contribution in [1.29, 1.82) is 0 Å². The highest BCUT2D eigenvalue weighted by molar-refractivity contribution is 4.90. The molecule has 0 saturated carbocycles. The Morgan fingerprint density at radius 2 is 2.07 bits per heavy atom. The van der Waals surface area contributed by atoms with E-state index in [-0.39, 0.29) is 5.54 Å². The Balaban J connectivity index is 4.10. The van der Waals surface area contributed by atoms with Crippen molar-refractivity contribution in [3.8, 4) is 12.3 Å². The third kappa shape index (κ3) is 7.38. The number of hydrogen-bond donors (Lipinski definition) is 1. The summed E-state index contributed by atoms with van der Waals surface area (Å²) in [5.74, 6) is 2.65. The standard InChI is InChI=1S/C12H24N2O/c1-7-8-14(5)11(10-15-6)9-13-12(2,3)4/h1,11,13H,8-10H2,2-6H3. The zero-order valence-corrected chi connectivity index (χ0v) is 10.6. The molecule has 0 rings (SSSR count). The van der Waals surface area contributed by atoms with Crippen LogP contribution in [0.3, 0.4) is 0 Å². The van der Waals surface area contributed by atoms with E-state index in [9.17, 15) is 0 Å². The van der Waals surface area contributed by atoms with E-state index in [0.717, 1.165) is 6.54 Å². The van der Waals surface area contributed by atoms with Crippen molar-refractivity contribution in [2.75, 3.05) is 33.9 Å². The molecule has 15 heavy (non-hydrogen) atoms. The average Bonchev–Trinajstić information content (AvgIpc) is 2.11. The second-order valence-electron chi connectivity index (χ2n) is 4.86. The maximum Gasteiger partial charge on any atom is 0.0630 e. The van der Waals surface area contributed by atoms with E-state index in [1.165, 1.54) is 0 Å². The monoisotopic (exact) mass is 212 g/mol. The number of ether oxygens (including phenoxy) is 1. The fraction of sp³-hybridized carbons (Fsp3) is 0.833. The van der Waals surface area contributed by atoms with Gasteiger partial charge in [0.15, 0.2) is 0 Å². The molecule has 1 unspecified atom stereocenters. The van der Waals surface area contributed by atoms with Gasteiger partial charge in [-0.05, 0) is 27.8 Å². The molecule has 0 aromatic rings. The van der Waals surface area contributed by atoms with E-state index in [2.05, 4.69) is 36.9 Å². The molecule has 3 nitrogen and oxygen atoms in total. The molecule has 0 aromatic heterocycles. The SMILES string of the molecule is C#CCN(C)C(CNC(C)(C)C)COC. The van der Waals surface area contributed by atoms with Crippen LogP contribution < -0.4 is 5.32 Å². The van der Waals surface area contributed by atoms with Gasteiger partial charge < -0.3 is 10.1 Å². The van der Waals surface area contributed by atoms with Gasteiger partial charge in [-0.2, -0.15) is 0 Å². The molecular weight excluding hydrogens is 188 g/mol. The lowest BCUT2D eigenvalue weighted by Gasteiger charge is -2.30. The quantitative estimate of drug-likeness (QED) is 0.664. The lowest BCUT2D eigenvalue weighted by Crippen LogP contribution is -2.48. The van der Waals surface area contributed by atoms with Gasteiger partial charge in [-0.1, -0.05) is 5.92 Å². The number of hydrogen-bond acceptors (Lipinski definition) is 3. The number of nitrogens with one attached hydrogen (secondary N) is 1. The Hall–Kier alpha value is -0.560. The summed E-state index contributed by atoms with van der Waals surface area (Å²) in [6.07, 6.45) is 5.29. The number of likely N-dealkylation sites (N-methyl/N-ethyl adjacent to an activating group) is 1. The molecule has 0 aliphatic heterocycles. The minimum absolute atomic E-state index is 0.128. The van der Waals surface area contributed by atoms with Crippen LogP contribution in [-0.2, 0) is 4.74 Å². The zero-order chi connectivity index (χ0) is 11.9. The van der Waals surface area contributed by atoms with Crippen molar-refractivity contribution in [1.82, 2.24) is 10.2 Å². The molecule has 0 radical (unpaired) electrons. The summed E-state index contributed by atoms with van der Waals surface area (Å²) in [7, 11) is 3.74. The first-order valence-electron chi connectivity index (χ1n) is 5.28. The van der Waals surface area contributed by atoms with E-state index in [0.29, 0.717) is 19.2 Å². The minimum atomic E-state index is 0.128. The molecule has 0 amide bonds. The molecule has 0 aliphatic carbocycles. The van der Waals surface area contributed by atoms with Crippen molar-refractivity contribution >= 4 is 0 Å². The fourth-order valence-corrected chi connectivity index (χ4v) is 1.23. The number of rotatable bonds is 6. The van der Waals surface area contributed by atoms with Crippen LogP contribution in [0.5, 0.6) is 0 Å². The maximum atomic E-state index is 5.29. The third-order valence-electron chi connectivity index (χ3n) is 2.19. The summed E-state index contributed by atoms with van der Waals surface area (Å²) in [6, 6.07) is 0.324. The van der Waals surface area contributed by atoms with E-state index < -0.39 is 0 Å². The first kappa shape index (κ1) is 14.4. The number of nitrogens with zero attached hydrogens (tertiary/aromatic N) is 1. The first-order chi connectivity index (χ1) is 6.90. The lowest BCUT2D eigenvalue weighted by atomic mass is 10.1. The normalized spacial score (nSPS) is 13.9. The highest BCUT2D eigenvalue weighted by atomic mass is 16.5. The van der Waals surface area contributed by atoms with Gasteiger partial charge in [0.1, 0.15) is 0 Å². The van der Waals surface area contributed by atoms with Crippen LogP contribution >= 0.6 is 0 Å². The average molecular weight is 212 g/mol. The van der Waals surface area contributed by atoms with Crippen LogP contribution in [0.2, 0.25) is 0 Å². The third-order valence-corrected chi connectivity index (χ3v) is 2.19. The second-order valence-corrected chi connectivity index (χ2v) is 4.86. The van der Waals surface area contributed by atoms with Gasteiger partial charge >= 0.3 is 0 Å². The molecule has 0 aliphatic rings. The molecule has 0 bridgehead atoms. The van der Waals surface area contributed by atoms with E-state index >= 15 is 0 Å². The van der Waals surface area contributed by atoms with Crippen molar-refractivity contribution < 1.29 is 4.74 Å². The number of terminal acetylenes is 1. The summed E-state index contributed by atoms with van der Waals surface area (Å²) in [5.41, 5.74) is 0.128. The minimum Gasteiger partial charge on any atom is -0.383 e.